The molecule has 2 aliphatic rings. The van der Waals surface area contributed by atoms with Crippen LogP contribution in [0.25, 0.3) is 11.3 Å². The number of carbonyl (C=O) groups excluding carboxylic acids is 1. The van der Waals surface area contributed by atoms with Crippen molar-refractivity contribution >= 4 is 23.5 Å². The summed E-state index contributed by atoms with van der Waals surface area (Å²) in [6.45, 7) is 2.11. The molecule has 0 saturated heterocycles. The molecule has 0 aromatic carbocycles. The fourth-order valence-electron chi connectivity index (χ4n) is 4.33. The van der Waals surface area contributed by atoms with Gasteiger partial charge in [0.15, 0.2) is 0 Å². The predicted octanol–water partition coefficient (Wildman–Crippen LogP) is 4.51. The second kappa shape index (κ2) is 9.98. The number of nitrogens with one attached hydrogen (secondary N) is 2. The van der Waals surface area contributed by atoms with Crippen LogP contribution in [0.15, 0.2) is 12.4 Å². The van der Waals surface area contributed by atoms with Crippen molar-refractivity contribution in [1.82, 2.24) is 25.1 Å². The molecule has 0 radical (unpaired) electrons. The largest absolute Gasteiger partial charge is 0.353 e. The molecule has 2 aromatic rings. The van der Waals surface area contributed by atoms with Gasteiger partial charge in [-0.15, -0.1) is 0 Å². The molecule has 0 bridgehead atoms. The van der Waals surface area contributed by atoms with Crippen LogP contribution in [0.4, 0.5) is 5.95 Å². The molecule has 0 aliphatic heterocycles. The molecule has 1 amide bonds. The summed E-state index contributed by atoms with van der Waals surface area (Å²) >= 11 is 6.48. The van der Waals surface area contributed by atoms with Gasteiger partial charge < -0.3 is 10.6 Å². The molecule has 0 unspecified atom stereocenters. The van der Waals surface area contributed by atoms with Gasteiger partial charge in [0.1, 0.15) is 0 Å². The van der Waals surface area contributed by atoms with Gasteiger partial charge in [0, 0.05) is 36.8 Å². The lowest BCUT2D eigenvalue weighted by molar-refractivity contribution is -0.122. The van der Waals surface area contributed by atoms with Crippen LogP contribution >= 0.6 is 11.6 Å². The molecule has 0 atom stereocenters. The Kier molecular flexibility index (Phi) is 7.10. The smallest absolute Gasteiger partial charge is 0.223 e. The number of hydrogen-bond donors (Lipinski definition) is 2. The molecule has 31 heavy (non-hydrogen) atoms. The van der Waals surface area contributed by atoms with E-state index in [4.69, 9.17) is 16.6 Å². The summed E-state index contributed by atoms with van der Waals surface area (Å²) < 4.78 is 1.94. The Morgan fingerprint density at radius 2 is 1.90 bits per heavy atom. The fourth-order valence-corrected chi connectivity index (χ4v) is 4.52. The summed E-state index contributed by atoms with van der Waals surface area (Å²) in [5.41, 5.74) is 2.94. The van der Waals surface area contributed by atoms with Gasteiger partial charge in [0.05, 0.1) is 23.1 Å². The van der Waals surface area contributed by atoms with E-state index in [1.54, 1.807) is 6.20 Å². The first-order valence-electron chi connectivity index (χ1n) is 11.6. The molecule has 2 aromatic heterocycles. The zero-order valence-electron chi connectivity index (χ0n) is 18.5. The van der Waals surface area contributed by atoms with Crippen LogP contribution in [0.1, 0.15) is 70.4 Å². The van der Waals surface area contributed by atoms with Gasteiger partial charge in [-0.25, -0.2) is 9.97 Å². The van der Waals surface area contributed by atoms with Crippen molar-refractivity contribution in [3.63, 3.8) is 0 Å². The van der Waals surface area contributed by atoms with Crippen molar-refractivity contribution in [3.8, 4) is 11.3 Å². The van der Waals surface area contributed by atoms with E-state index in [9.17, 15) is 4.79 Å². The van der Waals surface area contributed by atoms with Crippen molar-refractivity contribution < 1.29 is 4.79 Å². The molecule has 2 fully saturated rings. The number of hydrogen-bond acceptors (Lipinski definition) is 5. The molecule has 168 valence electrons. The zero-order valence-corrected chi connectivity index (χ0v) is 19.3. The summed E-state index contributed by atoms with van der Waals surface area (Å²) in [7, 11) is 1.98. The van der Waals surface area contributed by atoms with Crippen LogP contribution in [-0.4, -0.2) is 37.7 Å². The SMILES string of the molecule is CCCCC(=O)NC1CCC(Nc2ncc(Cl)c(-c3cnn(C)c3CC3CC3)n2)CC1. The van der Waals surface area contributed by atoms with Gasteiger partial charge in [-0.3, -0.25) is 9.48 Å². The number of nitrogens with zero attached hydrogens (tertiary/aromatic N) is 4. The van der Waals surface area contributed by atoms with Crippen molar-refractivity contribution in [1.29, 1.82) is 0 Å². The Balaban J connectivity index is 1.37. The summed E-state index contributed by atoms with van der Waals surface area (Å²) in [6, 6.07) is 0.585. The lowest BCUT2D eigenvalue weighted by atomic mass is 9.91. The first-order chi connectivity index (χ1) is 15.0. The second-order valence-corrected chi connectivity index (χ2v) is 9.44. The van der Waals surface area contributed by atoms with E-state index in [-0.39, 0.29) is 11.9 Å². The highest BCUT2D eigenvalue weighted by atomic mass is 35.5. The Labute approximate surface area is 189 Å². The van der Waals surface area contributed by atoms with Crippen molar-refractivity contribution in [2.45, 2.75) is 83.2 Å². The number of amides is 1. The van der Waals surface area contributed by atoms with Crippen LogP contribution in [0.5, 0.6) is 0 Å². The first-order valence-corrected chi connectivity index (χ1v) is 12.0. The average molecular weight is 445 g/mol. The van der Waals surface area contributed by atoms with E-state index >= 15 is 0 Å². The normalized spacial score (nSPS) is 21.1. The topological polar surface area (TPSA) is 84.7 Å². The molecule has 8 heteroatoms. The molecular weight excluding hydrogens is 412 g/mol. The van der Waals surface area contributed by atoms with E-state index in [1.165, 1.54) is 18.5 Å². The molecule has 7 nitrogen and oxygen atoms in total. The number of aryl methyl sites for hydroxylation is 1. The number of rotatable bonds is 9. The monoisotopic (exact) mass is 444 g/mol. The molecule has 0 spiro atoms. The highest BCUT2D eigenvalue weighted by Gasteiger charge is 2.27. The Bertz CT molecular complexity index is 901. The number of carbonyl (C=O) groups is 1. The van der Waals surface area contributed by atoms with Gasteiger partial charge in [0.2, 0.25) is 11.9 Å². The van der Waals surface area contributed by atoms with Gasteiger partial charge in [0.25, 0.3) is 0 Å². The first kappa shape index (κ1) is 22.1. The van der Waals surface area contributed by atoms with E-state index < -0.39 is 0 Å². The fraction of sp³-hybridized carbons (Fsp3) is 0.652. The highest BCUT2D eigenvalue weighted by Crippen LogP contribution is 2.37. The third-order valence-corrected chi connectivity index (χ3v) is 6.70. The van der Waals surface area contributed by atoms with Crippen molar-refractivity contribution in [2.75, 3.05) is 5.32 Å². The standard InChI is InChI=1S/C23H33ClN6O/c1-3-4-5-21(31)27-16-8-10-17(11-9-16)28-23-25-14-19(24)22(29-23)18-13-26-30(2)20(18)12-15-6-7-15/h13-17H,3-12H2,1-2H3,(H,27,31)(H,25,28,29). The summed E-state index contributed by atoms with van der Waals surface area (Å²) in [5.74, 6) is 1.54. The minimum atomic E-state index is 0.183. The third-order valence-electron chi connectivity index (χ3n) is 6.42. The number of unbranched alkanes of at least 4 members (excludes halogenated alkanes) is 1. The van der Waals surface area contributed by atoms with Crippen LogP contribution in [0, 0.1) is 5.92 Å². The summed E-state index contributed by atoms with van der Waals surface area (Å²) in [6.07, 6.45) is 13.7. The minimum Gasteiger partial charge on any atom is -0.353 e. The third kappa shape index (κ3) is 5.76. The molecule has 2 aliphatic carbocycles. The Hall–Kier alpha value is -2.15. The van der Waals surface area contributed by atoms with Gasteiger partial charge in [-0.1, -0.05) is 24.9 Å². The molecule has 2 N–H and O–H groups in total. The maximum Gasteiger partial charge on any atom is 0.223 e. The van der Waals surface area contributed by atoms with Gasteiger partial charge >= 0.3 is 0 Å². The van der Waals surface area contributed by atoms with Crippen molar-refractivity contribution in [3.05, 3.63) is 23.1 Å². The summed E-state index contributed by atoms with van der Waals surface area (Å²) in [5, 5.41) is 11.7. The zero-order chi connectivity index (χ0) is 21.8. The van der Waals surface area contributed by atoms with Crippen LogP contribution in [0.2, 0.25) is 5.02 Å². The predicted molar refractivity (Wildman–Crippen MR) is 123 cm³/mol. The average Bonchev–Trinajstić information content (AvgIpc) is 3.52. The van der Waals surface area contributed by atoms with Gasteiger partial charge in [-0.05, 0) is 57.3 Å². The Morgan fingerprint density at radius 1 is 1.16 bits per heavy atom. The number of halogens is 1. The molecule has 2 heterocycles. The lowest BCUT2D eigenvalue weighted by Crippen LogP contribution is -2.40. The number of anilines is 1. The van der Waals surface area contributed by atoms with E-state index in [0.717, 1.165) is 62.1 Å². The van der Waals surface area contributed by atoms with Crippen LogP contribution < -0.4 is 10.6 Å². The molecule has 4 rings (SSSR count). The van der Waals surface area contributed by atoms with Gasteiger partial charge in [-0.2, -0.15) is 5.10 Å². The molecular formula is C23H33ClN6O. The maximum atomic E-state index is 12.0. The van der Waals surface area contributed by atoms with E-state index in [0.29, 0.717) is 23.4 Å². The second-order valence-electron chi connectivity index (χ2n) is 9.03. The number of aromatic nitrogens is 4. The molecule has 2 saturated carbocycles. The summed E-state index contributed by atoms with van der Waals surface area (Å²) in [4.78, 5) is 21.2. The van der Waals surface area contributed by atoms with Crippen LogP contribution in [0.3, 0.4) is 0 Å². The minimum absolute atomic E-state index is 0.183. The highest BCUT2D eigenvalue weighted by molar-refractivity contribution is 6.32. The maximum absolute atomic E-state index is 12.0. The van der Waals surface area contributed by atoms with Crippen molar-refractivity contribution in [2.24, 2.45) is 13.0 Å². The quantitative estimate of drug-likeness (QED) is 0.594. The Morgan fingerprint density at radius 3 is 2.61 bits per heavy atom. The van der Waals surface area contributed by atoms with E-state index in [2.05, 4.69) is 27.6 Å². The van der Waals surface area contributed by atoms with E-state index in [1.807, 2.05) is 17.9 Å². The van der Waals surface area contributed by atoms with Crippen LogP contribution in [-0.2, 0) is 18.3 Å². The lowest BCUT2D eigenvalue weighted by Gasteiger charge is -2.29.